The SMILES string of the molecule is COCCCSC1CCCC(NC(C)C)(C(=O)OC)C1. The van der Waals surface area contributed by atoms with E-state index in [0.29, 0.717) is 5.25 Å². The summed E-state index contributed by atoms with van der Waals surface area (Å²) in [5.41, 5.74) is -0.486. The minimum absolute atomic E-state index is 0.103. The molecule has 5 heteroatoms. The average molecular weight is 303 g/mol. The van der Waals surface area contributed by atoms with Crippen LogP contribution < -0.4 is 5.32 Å². The second-order valence-corrected chi connectivity index (χ2v) is 7.22. The van der Waals surface area contributed by atoms with E-state index in [-0.39, 0.29) is 12.0 Å². The molecule has 2 unspecified atom stereocenters. The van der Waals surface area contributed by atoms with Crippen molar-refractivity contribution in [2.45, 2.75) is 62.8 Å². The van der Waals surface area contributed by atoms with Gasteiger partial charge in [0.2, 0.25) is 0 Å². The lowest BCUT2D eigenvalue weighted by Gasteiger charge is -2.40. The normalized spacial score (nSPS) is 26.8. The quantitative estimate of drug-likeness (QED) is 0.552. The van der Waals surface area contributed by atoms with Gasteiger partial charge >= 0.3 is 5.97 Å². The fourth-order valence-corrected chi connectivity index (χ4v) is 4.30. The molecule has 0 aliphatic heterocycles. The van der Waals surface area contributed by atoms with E-state index >= 15 is 0 Å². The number of hydrogen-bond acceptors (Lipinski definition) is 5. The van der Waals surface area contributed by atoms with Gasteiger partial charge in [0.1, 0.15) is 5.54 Å². The van der Waals surface area contributed by atoms with Gasteiger partial charge in [-0.1, -0.05) is 0 Å². The molecule has 1 N–H and O–H groups in total. The Morgan fingerprint density at radius 1 is 1.45 bits per heavy atom. The molecule has 0 saturated heterocycles. The maximum Gasteiger partial charge on any atom is 0.326 e. The molecule has 0 radical (unpaired) electrons. The van der Waals surface area contributed by atoms with Gasteiger partial charge in [0.15, 0.2) is 0 Å². The van der Waals surface area contributed by atoms with Crippen LogP contribution in [0.4, 0.5) is 0 Å². The van der Waals surface area contributed by atoms with Gasteiger partial charge in [-0.15, -0.1) is 0 Å². The summed E-state index contributed by atoms with van der Waals surface area (Å²) in [5, 5.41) is 4.00. The first-order valence-corrected chi connectivity index (χ1v) is 8.55. The number of carbonyl (C=O) groups is 1. The third-order valence-electron chi connectivity index (χ3n) is 3.69. The molecule has 0 bridgehead atoms. The Balaban J connectivity index is 2.58. The Morgan fingerprint density at radius 2 is 2.20 bits per heavy atom. The molecule has 0 aromatic carbocycles. The minimum Gasteiger partial charge on any atom is -0.468 e. The number of carbonyl (C=O) groups excluding carboxylic acids is 1. The molecule has 1 fully saturated rings. The van der Waals surface area contributed by atoms with Gasteiger partial charge in [0.25, 0.3) is 0 Å². The van der Waals surface area contributed by atoms with E-state index in [9.17, 15) is 4.79 Å². The summed E-state index contributed by atoms with van der Waals surface area (Å²) in [5.74, 6) is 0.991. The number of rotatable bonds is 8. The molecule has 1 saturated carbocycles. The van der Waals surface area contributed by atoms with Gasteiger partial charge in [-0.3, -0.25) is 10.1 Å². The Labute approximate surface area is 127 Å². The largest absolute Gasteiger partial charge is 0.468 e. The standard InChI is InChI=1S/C15H29NO3S/c1-12(2)16-15(14(17)19-4)8-5-7-13(11-15)20-10-6-9-18-3/h12-13,16H,5-11H2,1-4H3. The molecule has 1 aliphatic rings. The zero-order valence-corrected chi connectivity index (χ0v) is 14.1. The summed E-state index contributed by atoms with van der Waals surface area (Å²) in [7, 11) is 3.22. The first-order valence-electron chi connectivity index (χ1n) is 7.50. The van der Waals surface area contributed by atoms with Crippen LogP contribution in [0.2, 0.25) is 0 Å². The summed E-state index contributed by atoms with van der Waals surface area (Å²) in [6.45, 7) is 4.98. The highest BCUT2D eigenvalue weighted by Crippen LogP contribution is 2.36. The third kappa shape index (κ3) is 5.26. The number of thioether (sulfide) groups is 1. The first-order chi connectivity index (χ1) is 9.54. The average Bonchev–Trinajstić information content (AvgIpc) is 2.42. The molecular weight excluding hydrogens is 274 g/mol. The molecule has 2 atom stereocenters. The lowest BCUT2D eigenvalue weighted by molar-refractivity contribution is -0.150. The Hall–Kier alpha value is -0.260. The van der Waals surface area contributed by atoms with Crippen LogP contribution in [-0.2, 0) is 14.3 Å². The van der Waals surface area contributed by atoms with Gasteiger partial charge in [0, 0.05) is 25.0 Å². The monoisotopic (exact) mass is 303 g/mol. The van der Waals surface area contributed by atoms with E-state index < -0.39 is 5.54 Å². The van der Waals surface area contributed by atoms with Crippen molar-refractivity contribution in [3.8, 4) is 0 Å². The molecule has 1 rings (SSSR count). The van der Waals surface area contributed by atoms with Gasteiger partial charge < -0.3 is 9.47 Å². The van der Waals surface area contributed by atoms with E-state index in [1.165, 1.54) is 13.5 Å². The van der Waals surface area contributed by atoms with Crippen molar-refractivity contribution < 1.29 is 14.3 Å². The number of methoxy groups -OCH3 is 2. The van der Waals surface area contributed by atoms with Crippen LogP contribution in [-0.4, -0.2) is 49.4 Å². The first kappa shape index (κ1) is 17.8. The second kappa shape index (κ2) is 8.90. The number of esters is 1. The summed E-state index contributed by atoms with van der Waals surface area (Å²) in [6, 6.07) is 0.284. The van der Waals surface area contributed by atoms with Crippen LogP contribution in [0.15, 0.2) is 0 Å². The van der Waals surface area contributed by atoms with E-state index in [0.717, 1.165) is 38.0 Å². The van der Waals surface area contributed by atoms with Gasteiger partial charge in [-0.2, -0.15) is 11.8 Å². The highest BCUT2D eigenvalue weighted by molar-refractivity contribution is 7.99. The predicted octanol–water partition coefficient (Wildman–Crippen LogP) is 2.61. The summed E-state index contributed by atoms with van der Waals surface area (Å²) >= 11 is 1.97. The Kier molecular flexibility index (Phi) is 7.92. The highest BCUT2D eigenvalue weighted by Gasteiger charge is 2.44. The van der Waals surface area contributed by atoms with Crippen molar-refractivity contribution >= 4 is 17.7 Å². The van der Waals surface area contributed by atoms with Gasteiger partial charge in [-0.05, 0) is 51.7 Å². The molecule has 20 heavy (non-hydrogen) atoms. The fourth-order valence-electron chi connectivity index (χ4n) is 2.94. The van der Waals surface area contributed by atoms with Gasteiger partial charge in [-0.25, -0.2) is 0 Å². The lowest BCUT2D eigenvalue weighted by Crippen LogP contribution is -2.58. The summed E-state index contributed by atoms with van der Waals surface area (Å²) in [4.78, 5) is 12.2. The zero-order valence-electron chi connectivity index (χ0n) is 13.2. The maximum absolute atomic E-state index is 12.2. The molecule has 0 heterocycles. The molecule has 0 aromatic heterocycles. The van der Waals surface area contributed by atoms with Crippen LogP contribution in [0.25, 0.3) is 0 Å². The molecule has 1 aliphatic carbocycles. The van der Waals surface area contributed by atoms with Crippen LogP contribution in [0.3, 0.4) is 0 Å². The van der Waals surface area contributed by atoms with E-state index in [2.05, 4.69) is 19.2 Å². The fraction of sp³-hybridized carbons (Fsp3) is 0.933. The van der Waals surface area contributed by atoms with Crippen molar-refractivity contribution in [2.75, 3.05) is 26.6 Å². The maximum atomic E-state index is 12.2. The Morgan fingerprint density at radius 3 is 2.80 bits per heavy atom. The van der Waals surface area contributed by atoms with Crippen molar-refractivity contribution in [3.05, 3.63) is 0 Å². The topological polar surface area (TPSA) is 47.6 Å². The van der Waals surface area contributed by atoms with Gasteiger partial charge in [0.05, 0.1) is 7.11 Å². The number of hydrogen-bond donors (Lipinski definition) is 1. The summed E-state index contributed by atoms with van der Waals surface area (Å²) < 4.78 is 10.1. The van der Waals surface area contributed by atoms with Crippen LogP contribution in [0.5, 0.6) is 0 Å². The van der Waals surface area contributed by atoms with Crippen LogP contribution >= 0.6 is 11.8 Å². The number of nitrogens with one attached hydrogen (secondary N) is 1. The molecule has 0 amide bonds. The molecule has 118 valence electrons. The lowest BCUT2D eigenvalue weighted by atomic mass is 9.81. The summed E-state index contributed by atoms with van der Waals surface area (Å²) in [6.07, 6.45) is 5.09. The highest BCUT2D eigenvalue weighted by atomic mass is 32.2. The minimum atomic E-state index is -0.486. The van der Waals surface area contributed by atoms with E-state index in [1.54, 1.807) is 7.11 Å². The number of ether oxygens (including phenoxy) is 2. The van der Waals surface area contributed by atoms with Crippen LogP contribution in [0.1, 0.15) is 46.0 Å². The zero-order chi connectivity index (χ0) is 15.0. The van der Waals surface area contributed by atoms with Crippen molar-refractivity contribution in [1.29, 1.82) is 0 Å². The molecule has 4 nitrogen and oxygen atoms in total. The second-order valence-electron chi connectivity index (χ2n) is 5.81. The van der Waals surface area contributed by atoms with Crippen LogP contribution in [0, 0.1) is 0 Å². The van der Waals surface area contributed by atoms with E-state index in [4.69, 9.17) is 9.47 Å². The molecular formula is C15H29NO3S. The smallest absolute Gasteiger partial charge is 0.326 e. The molecule has 0 aromatic rings. The Bertz CT molecular complexity index is 299. The van der Waals surface area contributed by atoms with Crippen molar-refractivity contribution in [1.82, 2.24) is 5.32 Å². The van der Waals surface area contributed by atoms with Crippen molar-refractivity contribution in [2.24, 2.45) is 0 Å². The van der Waals surface area contributed by atoms with E-state index in [1.807, 2.05) is 11.8 Å². The van der Waals surface area contributed by atoms with Crippen molar-refractivity contribution in [3.63, 3.8) is 0 Å². The third-order valence-corrected chi connectivity index (χ3v) is 5.09. The predicted molar refractivity (Wildman–Crippen MR) is 84.2 cm³/mol. The molecule has 0 spiro atoms.